The van der Waals surface area contributed by atoms with E-state index in [4.69, 9.17) is 15.2 Å². The van der Waals surface area contributed by atoms with Gasteiger partial charge in [-0.2, -0.15) is 0 Å². The van der Waals surface area contributed by atoms with Gasteiger partial charge in [-0.15, -0.1) is 12.4 Å². The first-order valence-corrected chi connectivity index (χ1v) is 7.69. The third-order valence-corrected chi connectivity index (χ3v) is 3.35. The van der Waals surface area contributed by atoms with Crippen LogP contribution in [0.25, 0.3) is 0 Å². The molecule has 0 atom stereocenters. The van der Waals surface area contributed by atoms with Crippen molar-refractivity contribution < 1.29 is 14.3 Å². The monoisotopic (exact) mass is 344 g/mol. The average molecular weight is 345 g/mol. The van der Waals surface area contributed by atoms with Gasteiger partial charge >= 0.3 is 0 Å². The summed E-state index contributed by atoms with van der Waals surface area (Å²) in [6.45, 7) is 10.1. The van der Waals surface area contributed by atoms with Gasteiger partial charge in [-0.3, -0.25) is 4.79 Å². The second-order valence-corrected chi connectivity index (χ2v) is 6.06. The summed E-state index contributed by atoms with van der Waals surface area (Å²) >= 11 is 0. The summed E-state index contributed by atoms with van der Waals surface area (Å²) in [6.07, 6.45) is 0. The summed E-state index contributed by atoms with van der Waals surface area (Å²) in [5.74, 6) is 1.21. The topological polar surface area (TPSA) is 64.8 Å². The minimum atomic E-state index is -0.113. The van der Waals surface area contributed by atoms with Gasteiger partial charge in [0.25, 0.3) is 5.91 Å². The van der Waals surface area contributed by atoms with Crippen molar-refractivity contribution in [2.75, 3.05) is 33.4 Å². The van der Waals surface area contributed by atoms with Crippen LogP contribution in [-0.4, -0.2) is 44.2 Å². The van der Waals surface area contributed by atoms with Crippen LogP contribution in [0.1, 0.15) is 38.1 Å². The molecule has 1 rings (SSSR count). The first kappa shape index (κ1) is 21.5. The van der Waals surface area contributed by atoms with E-state index in [1.54, 1.807) is 30.1 Å². The molecule has 6 heteroatoms. The fourth-order valence-corrected chi connectivity index (χ4v) is 2.18. The van der Waals surface area contributed by atoms with Gasteiger partial charge in [0.1, 0.15) is 0 Å². The molecule has 0 radical (unpaired) electrons. The van der Waals surface area contributed by atoms with Crippen molar-refractivity contribution in [3.8, 4) is 11.5 Å². The maximum Gasteiger partial charge on any atom is 0.253 e. The quantitative estimate of drug-likeness (QED) is 0.787. The maximum atomic E-state index is 12.6. The van der Waals surface area contributed by atoms with Gasteiger partial charge in [0.05, 0.1) is 13.2 Å². The molecule has 0 saturated heterocycles. The van der Waals surface area contributed by atoms with Crippen LogP contribution in [-0.2, 0) is 0 Å². The van der Waals surface area contributed by atoms with E-state index in [-0.39, 0.29) is 23.7 Å². The molecule has 1 amide bonds. The Labute approximate surface area is 145 Å². The molecule has 0 saturated carbocycles. The molecule has 0 aliphatic rings. The molecule has 0 heterocycles. The number of carbonyl (C=O) groups excluding carboxylic acids is 1. The van der Waals surface area contributed by atoms with Crippen molar-refractivity contribution in [2.45, 2.75) is 27.7 Å². The largest absolute Gasteiger partial charge is 0.490 e. The average Bonchev–Trinajstić information content (AvgIpc) is 2.48. The Morgan fingerprint density at radius 2 is 1.74 bits per heavy atom. The minimum absolute atomic E-state index is 0. The number of amides is 1. The third kappa shape index (κ3) is 6.28. The van der Waals surface area contributed by atoms with Gasteiger partial charge in [-0.05, 0) is 44.0 Å². The van der Waals surface area contributed by atoms with Crippen molar-refractivity contribution in [3.05, 3.63) is 23.8 Å². The van der Waals surface area contributed by atoms with E-state index in [0.717, 1.165) is 0 Å². The van der Waals surface area contributed by atoms with E-state index in [2.05, 4.69) is 0 Å². The first-order chi connectivity index (χ1) is 10.3. The molecular formula is C17H29ClN2O3. The molecule has 0 fully saturated rings. The van der Waals surface area contributed by atoms with E-state index in [1.165, 1.54) is 0 Å². The second-order valence-electron chi connectivity index (χ2n) is 6.06. The number of carbonyl (C=O) groups is 1. The molecule has 1 aromatic rings. The Morgan fingerprint density at radius 1 is 1.17 bits per heavy atom. The van der Waals surface area contributed by atoms with Crippen LogP contribution in [0, 0.1) is 5.41 Å². The summed E-state index contributed by atoms with van der Waals surface area (Å²) in [7, 11) is 1.79. The number of nitrogens with zero attached hydrogens (tertiary/aromatic N) is 1. The molecule has 1 aromatic carbocycles. The fourth-order valence-electron chi connectivity index (χ4n) is 2.18. The highest BCUT2D eigenvalue weighted by Gasteiger charge is 2.22. The summed E-state index contributed by atoms with van der Waals surface area (Å²) in [4.78, 5) is 14.2. The second kappa shape index (κ2) is 9.63. The van der Waals surface area contributed by atoms with E-state index < -0.39 is 0 Å². The zero-order valence-electron chi connectivity index (χ0n) is 14.7. The van der Waals surface area contributed by atoms with Gasteiger partial charge in [0, 0.05) is 19.2 Å². The van der Waals surface area contributed by atoms with Crippen LogP contribution >= 0.6 is 12.4 Å². The summed E-state index contributed by atoms with van der Waals surface area (Å²) in [5.41, 5.74) is 6.21. The Morgan fingerprint density at radius 3 is 2.26 bits per heavy atom. The smallest absolute Gasteiger partial charge is 0.253 e. The molecule has 0 aliphatic carbocycles. The van der Waals surface area contributed by atoms with Gasteiger partial charge in [-0.25, -0.2) is 0 Å². The van der Waals surface area contributed by atoms with E-state index in [9.17, 15) is 4.79 Å². The zero-order valence-corrected chi connectivity index (χ0v) is 15.5. The maximum absolute atomic E-state index is 12.6. The standard InChI is InChI=1S/C17H28N2O3.ClH/c1-6-21-14-9-8-13(10-15(14)22-7-2)16(20)19(5)12-17(3,4)11-18;/h8-10H,6-7,11-12,18H2,1-5H3;1H. The van der Waals surface area contributed by atoms with Crippen molar-refractivity contribution in [2.24, 2.45) is 11.1 Å². The number of benzene rings is 1. The summed E-state index contributed by atoms with van der Waals surface area (Å²) in [6, 6.07) is 5.29. The van der Waals surface area contributed by atoms with Crippen LogP contribution in [0.4, 0.5) is 0 Å². The number of ether oxygens (including phenoxy) is 2. The molecule has 0 aliphatic heterocycles. The highest BCUT2D eigenvalue weighted by molar-refractivity contribution is 5.94. The number of hydrogen-bond donors (Lipinski definition) is 1. The number of hydrogen-bond acceptors (Lipinski definition) is 4. The molecule has 0 aromatic heterocycles. The summed E-state index contributed by atoms with van der Waals surface area (Å²) < 4.78 is 11.1. The van der Waals surface area contributed by atoms with Gasteiger partial charge < -0.3 is 20.1 Å². The SMILES string of the molecule is CCOc1ccc(C(=O)N(C)CC(C)(C)CN)cc1OCC.Cl. The first-order valence-electron chi connectivity index (χ1n) is 7.69. The lowest BCUT2D eigenvalue weighted by atomic mass is 9.93. The molecule has 0 bridgehead atoms. The van der Waals surface area contributed by atoms with Crippen LogP contribution in [0.5, 0.6) is 11.5 Å². The Kier molecular flexibility index (Phi) is 9.02. The van der Waals surface area contributed by atoms with E-state index >= 15 is 0 Å². The highest BCUT2D eigenvalue weighted by Crippen LogP contribution is 2.29. The van der Waals surface area contributed by atoms with Crippen LogP contribution < -0.4 is 15.2 Å². The van der Waals surface area contributed by atoms with Crippen molar-refractivity contribution >= 4 is 18.3 Å². The van der Waals surface area contributed by atoms with Gasteiger partial charge in [-0.1, -0.05) is 13.8 Å². The Hall–Kier alpha value is -1.46. The lowest BCUT2D eigenvalue weighted by Crippen LogP contribution is -2.39. The van der Waals surface area contributed by atoms with Crippen molar-refractivity contribution in [1.82, 2.24) is 4.90 Å². The molecule has 132 valence electrons. The lowest BCUT2D eigenvalue weighted by Gasteiger charge is -2.29. The van der Waals surface area contributed by atoms with Crippen molar-refractivity contribution in [3.63, 3.8) is 0 Å². The van der Waals surface area contributed by atoms with Crippen molar-refractivity contribution in [1.29, 1.82) is 0 Å². The molecule has 5 nitrogen and oxygen atoms in total. The molecule has 0 spiro atoms. The van der Waals surface area contributed by atoms with Crippen LogP contribution in [0.2, 0.25) is 0 Å². The fraction of sp³-hybridized carbons (Fsp3) is 0.588. The lowest BCUT2D eigenvalue weighted by molar-refractivity contribution is 0.0740. The molecular weight excluding hydrogens is 316 g/mol. The van der Waals surface area contributed by atoms with Crippen LogP contribution in [0.3, 0.4) is 0 Å². The predicted octanol–water partition coefficient (Wildman–Crippen LogP) is 2.96. The van der Waals surface area contributed by atoms with Gasteiger partial charge in [0.2, 0.25) is 0 Å². The zero-order chi connectivity index (χ0) is 16.8. The molecule has 23 heavy (non-hydrogen) atoms. The molecule has 2 N–H and O–H groups in total. The van der Waals surface area contributed by atoms with E-state index in [1.807, 2.05) is 27.7 Å². The van der Waals surface area contributed by atoms with Gasteiger partial charge in [0.15, 0.2) is 11.5 Å². The predicted molar refractivity (Wildman–Crippen MR) is 95.8 cm³/mol. The normalized spacial score (nSPS) is 10.7. The molecule has 0 unspecified atom stereocenters. The van der Waals surface area contributed by atoms with E-state index in [0.29, 0.717) is 43.4 Å². The Bertz CT molecular complexity index is 507. The highest BCUT2D eigenvalue weighted by atomic mass is 35.5. The Balaban J connectivity index is 0.00000484. The third-order valence-electron chi connectivity index (χ3n) is 3.35. The number of halogens is 1. The van der Waals surface area contributed by atoms with Crippen LogP contribution in [0.15, 0.2) is 18.2 Å². The minimum Gasteiger partial charge on any atom is -0.490 e. The number of rotatable bonds is 8. The number of nitrogens with two attached hydrogens (primary N) is 1. The summed E-state index contributed by atoms with van der Waals surface area (Å²) in [5, 5.41) is 0.